The summed E-state index contributed by atoms with van der Waals surface area (Å²) in [7, 11) is -13.2. The molecule has 0 bridgehead atoms. The molecular weight excluding hydrogens is 945 g/mol. The average molecular weight is 1020 g/mol. The number of carboxylic acids is 1. The molecular formula is C50H73N4O12S3+. The molecule has 0 radical (unpaired) electrons. The van der Waals surface area contributed by atoms with E-state index in [9.17, 15) is 48.5 Å². The summed E-state index contributed by atoms with van der Waals surface area (Å²) in [6.07, 6.45) is 22.4. The fraction of sp³-hybridized carbons (Fsp3) is 0.580. The minimum Gasteiger partial charge on any atom is -0.481 e. The molecule has 3 aliphatic rings. The van der Waals surface area contributed by atoms with Crippen LogP contribution in [0.4, 0.5) is 11.4 Å². The fourth-order valence-electron chi connectivity index (χ4n) is 10.2. The number of anilines is 1. The van der Waals surface area contributed by atoms with Gasteiger partial charge in [0.1, 0.15) is 6.54 Å². The molecule has 5 rings (SSSR count). The number of benzene rings is 2. The summed E-state index contributed by atoms with van der Waals surface area (Å²) in [4.78, 5) is 25.8. The van der Waals surface area contributed by atoms with Gasteiger partial charge in [-0.15, -0.1) is 0 Å². The second-order valence-electron chi connectivity index (χ2n) is 19.5. The van der Waals surface area contributed by atoms with Crippen LogP contribution in [0.15, 0.2) is 82.6 Å². The molecule has 0 saturated heterocycles. The number of hydrogen-bond donors (Lipinski definition) is 6. The minimum atomic E-state index is -4.53. The zero-order valence-corrected chi connectivity index (χ0v) is 42.8. The standard InChI is InChI=1S/C50H72N4O12S3/c1-49(2)41-34-39(68(61,62)63)25-27-43(41)53-31-18-10-14-23-47(55)52-37-38(20-11-9-15-24-48(56)57)36-51-30-17-8-7-16-29-50(3)42-35-40(69(64,65)66)26-28-44(42)54(32-19-33-67(58,59)60)46(50)22-13-6-4-5-12-21-45(49)53/h4-6,12-13,21,25-28,34-35,38,46,51H,7-11,14-20,22-24,29-33,36-37H2,1-3H3,(H4-,52,55,56,57,58,59,60,61,62,63,64,65,66)/p+1/b5-4+,13-6+,21-12+. The lowest BCUT2D eigenvalue weighted by Gasteiger charge is -2.37. The highest BCUT2D eigenvalue weighted by Crippen LogP contribution is 2.50. The van der Waals surface area contributed by atoms with Gasteiger partial charge in [0.25, 0.3) is 30.4 Å². The summed E-state index contributed by atoms with van der Waals surface area (Å²) in [5.74, 6) is -1.09. The van der Waals surface area contributed by atoms with Crippen LogP contribution < -0.4 is 15.5 Å². The van der Waals surface area contributed by atoms with Crippen molar-refractivity contribution in [2.45, 2.75) is 150 Å². The maximum atomic E-state index is 13.1. The number of fused-ring (bicyclic) bond motifs is 5. The normalized spacial score (nSPS) is 24.1. The van der Waals surface area contributed by atoms with E-state index in [4.69, 9.17) is 5.11 Å². The van der Waals surface area contributed by atoms with Gasteiger partial charge in [-0.3, -0.25) is 23.2 Å². The molecule has 0 aromatic heterocycles. The van der Waals surface area contributed by atoms with E-state index < -0.39 is 52.9 Å². The molecule has 0 spiro atoms. The van der Waals surface area contributed by atoms with E-state index in [-0.39, 0.29) is 47.0 Å². The number of nitrogens with one attached hydrogen (secondary N) is 2. The van der Waals surface area contributed by atoms with Gasteiger partial charge < -0.3 is 20.6 Å². The first-order valence-electron chi connectivity index (χ1n) is 24.3. The molecule has 0 aliphatic carbocycles. The third kappa shape index (κ3) is 15.9. The lowest BCUT2D eigenvalue weighted by molar-refractivity contribution is -0.438. The van der Waals surface area contributed by atoms with E-state index in [0.717, 1.165) is 92.5 Å². The predicted molar refractivity (Wildman–Crippen MR) is 269 cm³/mol. The quantitative estimate of drug-likeness (QED) is 0.0672. The van der Waals surface area contributed by atoms with Crippen LogP contribution in [0.25, 0.3) is 0 Å². The Labute approximate surface area is 409 Å². The first-order valence-corrected chi connectivity index (χ1v) is 28.8. The summed E-state index contributed by atoms with van der Waals surface area (Å²) in [6, 6.07) is 8.97. The van der Waals surface area contributed by atoms with Crippen LogP contribution in [0.1, 0.15) is 135 Å². The van der Waals surface area contributed by atoms with Gasteiger partial charge in [-0.05, 0) is 120 Å². The molecule has 3 atom stereocenters. The Hall–Kier alpha value is -4.24. The third-order valence-corrected chi connectivity index (χ3v) is 16.5. The molecule has 16 nitrogen and oxygen atoms in total. The molecule has 382 valence electrons. The predicted octanol–water partition coefficient (Wildman–Crippen LogP) is 7.92. The molecule has 0 saturated carbocycles. The largest absolute Gasteiger partial charge is 0.481 e. The van der Waals surface area contributed by atoms with Crippen molar-refractivity contribution in [1.82, 2.24) is 10.6 Å². The first-order chi connectivity index (χ1) is 32.5. The third-order valence-electron chi connectivity index (χ3n) is 14.0. The average Bonchev–Trinajstić information content (AvgIpc) is 3.62. The number of nitrogens with zero attached hydrogens (tertiary/aromatic N) is 2. The van der Waals surface area contributed by atoms with Crippen LogP contribution in [0.3, 0.4) is 0 Å². The van der Waals surface area contributed by atoms with Crippen LogP contribution in [-0.4, -0.2) is 111 Å². The molecule has 19 heteroatoms. The zero-order valence-electron chi connectivity index (χ0n) is 40.3. The second-order valence-corrected chi connectivity index (χ2v) is 23.9. The number of rotatable bonds is 12. The SMILES string of the molecule is CC1(C)C2=[N+](CCCCCC(=O)NCC(CCCCCC(=O)O)CNCCCCCCC3(C)c4cc(S(=O)(=O)O)ccc4N(CCCS(=O)(=O)O)C3C/C=C/C=C/C=C/2)c2ccc(S(=O)(=O)O)cc21. The molecule has 3 heterocycles. The smallest absolute Gasteiger partial charge is 0.303 e. The highest BCUT2D eigenvalue weighted by Gasteiger charge is 2.47. The number of carbonyl (C=O) groups excluding carboxylic acids is 1. The van der Waals surface area contributed by atoms with Crippen molar-refractivity contribution in [3.8, 4) is 0 Å². The molecule has 2 aromatic carbocycles. The second kappa shape index (κ2) is 24.7. The number of allylic oxidation sites excluding steroid dienone is 5. The number of carbonyl (C=O) groups is 2. The molecule has 3 aliphatic heterocycles. The van der Waals surface area contributed by atoms with Crippen molar-refractivity contribution in [3.05, 3.63) is 84.0 Å². The van der Waals surface area contributed by atoms with Crippen LogP contribution in [0.2, 0.25) is 0 Å². The van der Waals surface area contributed by atoms with Crippen LogP contribution in [0, 0.1) is 5.92 Å². The van der Waals surface area contributed by atoms with Gasteiger partial charge in [0, 0.05) is 67.2 Å². The Morgan fingerprint density at radius 3 is 2.17 bits per heavy atom. The van der Waals surface area contributed by atoms with Gasteiger partial charge in [0.05, 0.1) is 21.0 Å². The zero-order chi connectivity index (χ0) is 50.5. The van der Waals surface area contributed by atoms with Crippen molar-refractivity contribution in [1.29, 1.82) is 0 Å². The van der Waals surface area contributed by atoms with Crippen LogP contribution in [0.5, 0.6) is 0 Å². The molecule has 6 N–H and O–H groups in total. The number of aliphatic carboxylic acids is 1. The Morgan fingerprint density at radius 2 is 1.46 bits per heavy atom. The van der Waals surface area contributed by atoms with Crippen LogP contribution >= 0.6 is 0 Å². The van der Waals surface area contributed by atoms with Crippen molar-refractivity contribution in [2.75, 3.05) is 43.4 Å². The molecule has 69 heavy (non-hydrogen) atoms. The van der Waals surface area contributed by atoms with E-state index in [2.05, 4.69) is 27.0 Å². The van der Waals surface area contributed by atoms with Crippen LogP contribution in [-0.2, 0) is 50.8 Å². The van der Waals surface area contributed by atoms with E-state index in [0.29, 0.717) is 51.7 Å². The topological polar surface area (TPSA) is 248 Å². The van der Waals surface area contributed by atoms with E-state index in [1.54, 1.807) is 12.1 Å². The highest BCUT2D eigenvalue weighted by molar-refractivity contribution is 7.86. The van der Waals surface area contributed by atoms with E-state index >= 15 is 0 Å². The molecule has 3 unspecified atom stereocenters. The minimum absolute atomic E-state index is 0.0169. The first kappa shape index (κ1) is 55.7. The van der Waals surface area contributed by atoms with Gasteiger partial charge >= 0.3 is 5.97 Å². The highest BCUT2D eigenvalue weighted by atomic mass is 32.2. The lowest BCUT2D eigenvalue weighted by Crippen LogP contribution is -2.43. The summed E-state index contributed by atoms with van der Waals surface area (Å²) < 4.78 is 105. The Kier molecular flexibility index (Phi) is 20.0. The molecule has 0 fully saturated rings. The monoisotopic (exact) mass is 1020 g/mol. The number of carboxylic acid groups (broad SMARTS) is 1. The van der Waals surface area contributed by atoms with Crippen molar-refractivity contribution < 1.29 is 58.2 Å². The maximum absolute atomic E-state index is 13.1. The summed E-state index contributed by atoms with van der Waals surface area (Å²) in [6.45, 7) is 8.98. The summed E-state index contributed by atoms with van der Waals surface area (Å²) >= 11 is 0. The van der Waals surface area contributed by atoms with Crippen molar-refractivity contribution in [3.63, 3.8) is 0 Å². The van der Waals surface area contributed by atoms with Gasteiger partial charge in [-0.1, -0.05) is 69.4 Å². The maximum Gasteiger partial charge on any atom is 0.303 e. The fourth-order valence-corrected chi connectivity index (χ4v) is 11.7. The summed E-state index contributed by atoms with van der Waals surface area (Å²) in [5.41, 5.74) is 2.77. The van der Waals surface area contributed by atoms with Crippen molar-refractivity contribution >= 4 is 59.3 Å². The van der Waals surface area contributed by atoms with Crippen molar-refractivity contribution in [2.24, 2.45) is 5.92 Å². The number of amides is 1. The number of unbranched alkanes of at least 4 members (excludes halogenated alkanes) is 2. The van der Waals surface area contributed by atoms with E-state index in [1.807, 2.05) is 50.3 Å². The van der Waals surface area contributed by atoms with Gasteiger partial charge in [-0.25, -0.2) is 0 Å². The Morgan fingerprint density at radius 1 is 0.783 bits per heavy atom. The summed E-state index contributed by atoms with van der Waals surface area (Å²) in [5, 5.41) is 15.8. The van der Waals surface area contributed by atoms with Gasteiger partial charge in [0.15, 0.2) is 5.71 Å². The molecule has 1 amide bonds. The lowest BCUT2D eigenvalue weighted by atomic mass is 9.73. The molecule has 2 aromatic rings. The Balaban J connectivity index is 1.43. The number of hydrogen-bond acceptors (Lipinski definition) is 10. The van der Waals surface area contributed by atoms with Gasteiger partial charge in [-0.2, -0.15) is 29.8 Å². The van der Waals surface area contributed by atoms with E-state index in [1.165, 1.54) is 24.3 Å². The Bertz CT molecular complexity index is 2590. The van der Waals surface area contributed by atoms with Gasteiger partial charge in [0.2, 0.25) is 11.6 Å².